The number of hydrogen-bond donors (Lipinski definition) is 1. The van der Waals surface area contributed by atoms with Gasteiger partial charge < -0.3 is 5.32 Å². The molecule has 17 heavy (non-hydrogen) atoms. The summed E-state index contributed by atoms with van der Waals surface area (Å²) in [5.41, 5.74) is 0. The average molecular weight is 237 g/mol. The van der Waals surface area contributed by atoms with Gasteiger partial charge in [0.2, 0.25) is 5.91 Å². The molecule has 0 aromatic carbocycles. The molecule has 0 radical (unpaired) electrons. The average Bonchev–Trinajstić information content (AvgIpc) is 2.76. The van der Waals surface area contributed by atoms with Crippen molar-refractivity contribution >= 4 is 5.91 Å². The van der Waals surface area contributed by atoms with Crippen LogP contribution in [0.3, 0.4) is 0 Å². The number of nitrogens with one attached hydrogen (secondary N) is 1. The highest BCUT2D eigenvalue weighted by atomic mass is 16.2. The van der Waals surface area contributed by atoms with Gasteiger partial charge in [-0.05, 0) is 19.5 Å². The monoisotopic (exact) mass is 237 g/mol. The van der Waals surface area contributed by atoms with Crippen LogP contribution in [0.15, 0.2) is 0 Å². The number of nitrogens with zero attached hydrogens (tertiary/aromatic N) is 2. The molecule has 0 bridgehead atoms. The topological polar surface area (TPSA) is 35.6 Å². The van der Waals surface area contributed by atoms with Crippen molar-refractivity contribution in [1.82, 2.24) is 15.1 Å². The molecular weight excluding hydrogens is 214 g/mol. The summed E-state index contributed by atoms with van der Waals surface area (Å²) in [6.45, 7) is 9.33. The maximum atomic E-state index is 11.5. The fourth-order valence-electron chi connectivity index (χ4n) is 2.40. The van der Waals surface area contributed by atoms with Crippen LogP contribution in [0.25, 0.3) is 0 Å². The van der Waals surface area contributed by atoms with Gasteiger partial charge in [0, 0.05) is 19.1 Å². The number of carbonyl (C=O) groups excluding carboxylic acids is 1. The lowest BCUT2D eigenvalue weighted by molar-refractivity contribution is -0.121. The van der Waals surface area contributed by atoms with Crippen molar-refractivity contribution in [2.24, 2.45) is 0 Å². The third kappa shape index (κ3) is 4.37. The summed E-state index contributed by atoms with van der Waals surface area (Å²) in [6.07, 6.45) is 6.25. The van der Waals surface area contributed by atoms with Gasteiger partial charge in [0.1, 0.15) is 0 Å². The zero-order chi connectivity index (χ0) is 12.7. The van der Waals surface area contributed by atoms with Gasteiger partial charge in [-0.3, -0.25) is 14.6 Å². The van der Waals surface area contributed by atoms with Crippen LogP contribution in [0.1, 0.15) is 20.3 Å². The van der Waals surface area contributed by atoms with Crippen molar-refractivity contribution < 1.29 is 4.79 Å². The van der Waals surface area contributed by atoms with E-state index in [0.717, 1.165) is 32.6 Å². The molecular formula is C13H23N3O. The Morgan fingerprint density at radius 2 is 2.24 bits per heavy atom. The molecule has 1 saturated heterocycles. The quantitative estimate of drug-likeness (QED) is 0.668. The van der Waals surface area contributed by atoms with E-state index < -0.39 is 0 Å². The predicted octanol–water partition coefficient (Wildman–Crippen LogP) is 0.152. The lowest BCUT2D eigenvalue weighted by Crippen LogP contribution is -2.40. The largest absolute Gasteiger partial charge is 0.344 e. The highest BCUT2D eigenvalue weighted by Gasteiger charge is 2.26. The van der Waals surface area contributed by atoms with Crippen molar-refractivity contribution in [2.75, 3.05) is 39.3 Å². The Morgan fingerprint density at radius 3 is 2.82 bits per heavy atom. The Labute approximate surface area is 104 Å². The molecule has 1 aliphatic rings. The summed E-state index contributed by atoms with van der Waals surface area (Å²) in [6, 6.07) is 0.602. The van der Waals surface area contributed by atoms with Crippen molar-refractivity contribution in [1.29, 1.82) is 0 Å². The van der Waals surface area contributed by atoms with Gasteiger partial charge in [-0.1, -0.05) is 19.8 Å². The van der Waals surface area contributed by atoms with Crippen molar-refractivity contribution in [2.45, 2.75) is 26.3 Å². The summed E-state index contributed by atoms with van der Waals surface area (Å²) in [5, 5.41) is 2.70. The van der Waals surface area contributed by atoms with Crippen molar-refractivity contribution in [3.05, 3.63) is 0 Å². The Bertz CT molecular complexity index is 281. The van der Waals surface area contributed by atoms with E-state index in [0.29, 0.717) is 19.1 Å². The number of likely N-dealkylation sites (N-methyl/N-ethyl adjacent to an activating group) is 1. The van der Waals surface area contributed by atoms with Crippen molar-refractivity contribution in [3.63, 3.8) is 0 Å². The highest BCUT2D eigenvalue weighted by molar-refractivity contribution is 5.78. The van der Waals surface area contributed by atoms with E-state index in [4.69, 9.17) is 6.42 Å². The first-order chi connectivity index (χ1) is 8.21. The molecule has 96 valence electrons. The Kier molecular flexibility index (Phi) is 6.03. The van der Waals surface area contributed by atoms with Crippen LogP contribution in [0.4, 0.5) is 0 Å². The van der Waals surface area contributed by atoms with Crippen LogP contribution in [-0.4, -0.2) is 61.0 Å². The smallest absolute Gasteiger partial charge is 0.234 e. The van der Waals surface area contributed by atoms with Gasteiger partial charge in [-0.15, -0.1) is 6.42 Å². The van der Waals surface area contributed by atoms with Crippen LogP contribution in [-0.2, 0) is 4.79 Å². The van der Waals surface area contributed by atoms with E-state index >= 15 is 0 Å². The predicted molar refractivity (Wildman–Crippen MR) is 69.6 cm³/mol. The van der Waals surface area contributed by atoms with Crippen LogP contribution in [0.2, 0.25) is 0 Å². The first-order valence-electron chi connectivity index (χ1n) is 6.37. The number of hydrogen-bond acceptors (Lipinski definition) is 3. The third-order valence-corrected chi connectivity index (χ3v) is 3.33. The lowest BCUT2D eigenvalue weighted by atomic mass is 10.2. The molecule has 0 spiro atoms. The zero-order valence-corrected chi connectivity index (χ0v) is 10.9. The van der Waals surface area contributed by atoms with E-state index in [9.17, 15) is 4.79 Å². The minimum atomic E-state index is 0.0307. The third-order valence-electron chi connectivity index (χ3n) is 3.33. The van der Waals surface area contributed by atoms with Gasteiger partial charge in [0.25, 0.3) is 0 Å². The van der Waals surface area contributed by atoms with E-state index in [1.165, 1.54) is 0 Å². The maximum absolute atomic E-state index is 11.5. The molecule has 1 unspecified atom stereocenters. The first kappa shape index (κ1) is 14.0. The van der Waals surface area contributed by atoms with Gasteiger partial charge in [0.05, 0.1) is 13.1 Å². The summed E-state index contributed by atoms with van der Waals surface area (Å²) in [7, 11) is 0. The van der Waals surface area contributed by atoms with E-state index in [1.807, 2.05) is 0 Å². The summed E-state index contributed by atoms with van der Waals surface area (Å²) in [5.74, 6) is 2.44. The van der Waals surface area contributed by atoms with Crippen LogP contribution >= 0.6 is 0 Å². The number of likely N-dealkylation sites (tertiary alicyclic amines) is 1. The molecule has 0 saturated carbocycles. The van der Waals surface area contributed by atoms with Crippen LogP contribution in [0, 0.1) is 12.3 Å². The van der Waals surface area contributed by atoms with Crippen LogP contribution in [0.5, 0.6) is 0 Å². The normalized spacial score (nSPS) is 20.5. The van der Waals surface area contributed by atoms with Gasteiger partial charge in [0.15, 0.2) is 0 Å². The first-order valence-corrected chi connectivity index (χ1v) is 6.37. The summed E-state index contributed by atoms with van der Waals surface area (Å²) < 4.78 is 0. The van der Waals surface area contributed by atoms with E-state index in [1.54, 1.807) is 0 Å². The molecule has 0 aliphatic carbocycles. The molecule has 1 atom stereocenters. The van der Waals surface area contributed by atoms with E-state index in [-0.39, 0.29) is 5.91 Å². The lowest BCUT2D eigenvalue weighted by Gasteiger charge is -2.26. The second-order valence-corrected chi connectivity index (χ2v) is 4.38. The Balaban J connectivity index is 2.30. The van der Waals surface area contributed by atoms with Gasteiger partial charge in [-0.2, -0.15) is 0 Å². The zero-order valence-electron chi connectivity index (χ0n) is 10.9. The molecule has 1 N–H and O–H groups in total. The minimum Gasteiger partial charge on any atom is -0.344 e. The second-order valence-electron chi connectivity index (χ2n) is 4.38. The Morgan fingerprint density at radius 1 is 1.53 bits per heavy atom. The fourth-order valence-corrected chi connectivity index (χ4v) is 2.40. The fraction of sp³-hybridized carbons (Fsp3) is 0.769. The maximum Gasteiger partial charge on any atom is 0.234 e. The number of carbonyl (C=O) groups is 1. The molecule has 1 aliphatic heterocycles. The summed E-state index contributed by atoms with van der Waals surface area (Å²) >= 11 is 0. The van der Waals surface area contributed by atoms with Gasteiger partial charge >= 0.3 is 0 Å². The van der Waals surface area contributed by atoms with Crippen LogP contribution < -0.4 is 5.32 Å². The molecule has 1 fully saturated rings. The molecule has 1 amide bonds. The standard InChI is InChI=1S/C13H23N3O/c1-4-8-14-13(17)11-15-9-7-12(10-15)16(5-2)6-3/h1,12H,5-11H2,2-3H3,(H,14,17). The Hall–Kier alpha value is -1.05. The number of terminal acetylenes is 1. The number of rotatable bonds is 6. The molecule has 4 nitrogen and oxygen atoms in total. The van der Waals surface area contributed by atoms with E-state index in [2.05, 4.69) is 34.9 Å². The van der Waals surface area contributed by atoms with Crippen molar-refractivity contribution in [3.8, 4) is 12.3 Å². The SMILES string of the molecule is C#CCNC(=O)CN1CCC(N(CC)CC)C1. The van der Waals surface area contributed by atoms with Gasteiger partial charge in [-0.25, -0.2) is 0 Å². The molecule has 1 rings (SSSR count). The second kappa shape index (κ2) is 7.31. The molecule has 1 heterocycles. The highest BCUT2D eigenvalue weighted by Crippen LogP contribution is 2.14. The molecule has 0 aromatic rings. The molecule has 4 heteroatoms. The molecule has 0 aromatic heterocycles. The number of amides is 1. The summed E-state index contributed by atoms with van der Waals surface area (Å²) in [4.78, 5) is 16.2. The minimum absolute atomic E-state index is 0.0307.